The normalized spacial score (nSPS) is 15.9. The van der Waals surface area contributed by atoms with E-state index in [1.165, 1.54) is 35.4 Å². The smallest absolute Gasteiger partial charge is 0.181 e. The standard InChI is InChI=1S/C23H20BrNO3S/c1-16-20-5-2-3-6-21(20)22-15-17(24)7-12-23(22)25(16)13-4-14-29(27,28)19-10-8-18(26)9-11-19/h2-13,15-16,26H,14H2,1H3. The molecular formula is C23H20BrNO3S. The van der Waals surface area contributed by atoms with Crippen LogP contribution in [0, 0.1) is 0 Å². The van der Waals surface area contributed by atoms with Crippen LogP contribution in [0.4, 0.5) is 5.69 Å². The van der Waals surface area contributed by atoms with E-state index in [0.717, 1.165) is 15.7 Å². The van der Waals surface area contributed by atoms with E-state index in [2.05, 4.69) is 46.0 Å². The quantitative estimate of drug-likeness (QED) is 0.532. The van der Waals surface area contributed by atoms with Gasteiger partial charge < -0.3 is 10.0 Å². The molecule has 0 spiro atoms. The van der Waals surface area contributed by atoms with Crippen LogP contribution in [-0.2, 0) is 9.84 Å². The second-order valence-corrected chi connectivity index (χ2v) is 9.94. The number of nitrogens with zero attached hydrogens (tertiary/aromatic N) is 1. The average Bonchev–Trinajstić information content (AvgIpc) is 2.71. The number of halogens is 1. The second kappa shape index (κ2) is 7.69. The molecule has 0 saturated carbocycles. The molecule has 0 saturated heterocycles. The summed E-state index contributed by atoms with van der Waals surface area (Å²) >= 11 is 3.55. The molecule has 29 heavy (non-hydrogen) atoms. The van der Waals surface area contributed by atoms with Gasteiger partial charge in [0.2, 0.25) is 0 Å². The molecule has 0 fully saturated rings. The fourth-order valence-corrected chi connectivity index (χ4v) is 5.10. The van der Waals surface area contributed by atoms with Crippen LogP contribution in [0.15, 0.2) is 88.4 Å². The van der Waals surface area contributed by atoms with Gasteiger partial charge in [-0.3, -0.25) is 0 Å². The van der Waals surface area contributed by atoms with E-state index in [1.807, 2.05) is 30.5 Å². The van der Waals surface area contributed by atoms with Crippen molar-refractivity contribution in [3.63, 3.8) is 0 Å². The number of fused-ring (bicyclic) bond motifs is 3. The first-order valence-corrected chi connectivity index (χ1v) is 11.7. The number of anilines is 1. The molecule has 1 aliphatic heterocycles. The summed E-state index contributed by atoms with van der Waals surface area (Å²) in [6.07, 6.45) is 3.53. The molecule has 1 heterocycles. The van der Waals surface area contributed by atoms with Crippen molar-refractivity contribution < 1.29 is 13.5 Å². The predicted octanol–water partition coefficient (Wildman–Crippen LogP) is 5.69. The van der Waals surface area contributed by atoms with Gasteiger partial charge in [-0.2, -0.15) is 0 Å². The van der Waals surface area contributed by atoms with Crippen molar-refractivity contribution in [3.05, 3.63) is 89.0 Å². The van der Waals surface area contributed by atoms with Gasteiger partial charge in [-0.25, -0.2) is 8.42 Å². The highest BCUT2D eigenvalue weighted by Crippen LogP contribution is 2.45. The Hall–Kier alpha value is -2.57. The molecule has 4 nitrogen and oxygen atoms in total. The Morgan fingerprint density at radius 3 is 2.52 bits per heavy atom. The summed E-state index contributed by atoms with van der Waals surface area (Å²) in [5, 5.41) is 9.37. The molecule has 3 aromatic carbocycles. The largest absolute Gasteiger partial charge is 0.508 e. The van der Waals surface area contributed by atoms with E-state index in [0.29, 0.717) is 0 Å². The zero-order valence-electron chi connectivity index (χ0n) is 15.8. The van der Waals surface area contributed by atoms with Crippen LogP contribution in [0.25, 0.3) is 11.1 Å². The molecule has 0 amide bonds. The van der Waals surface area contributed by atoms with Gasteiger partial charge in [-0.1, -0.05) is 46.3 Å². The number of hydrogen-bond acceptors (Lipinski definition) is 4. The highest BCUT2D eigenvalue weighted by Gasteiger charge is 2.26. The van der Waals surface area contributed by atoms with Gasteiger partial charge in [0.25, 0.3) is 0 Å². The number of sulfone groups is 1. The molecule has 0 bridgehead atoms. The van der Waals surface area contributed by atoms with E-state index in [4.69, 9.17) is 0 Å². The maximum absolute atomic E-state index is 12.6. The van der Waals surface area contributed by atoms with Crippen LogP contribution in [0.3, 0.4) is 0 Å². The topological polar surface area (TPSA) is 57.6 Å². The molecule has 4 rings (SSSR count). The fourth-order valence-electron chi connectivity index (χ4n) is 3.66. The Morgan fingerprint density at radius 1 is 1.03 bits per heavy atom. The number of phenolic OH excluding ortho intramolecular Hbond substituents is 1. The lowest BCUT2D eigenvalue weighted by Gasteiger charge is -2.36. The summed E-state index contributed by atoms with van der Waals surface area (Å²) in [6, 6.07) is 20.1. The Morgan fingerprint density at radius 2 is 1.76 bits per heavy atom. The van der Waals surface area contributed by atoms with Crippen molar-refractivity contribution in [2.24, 2.45) is 0 Å². The summed E-state index contributed by atoms with van der Waals surface area (Å²) in [6.45, 7) is 2.11. The van der Waals surface area contributed by atoms with Crippen LogP contribution in [-0.4, -0.2) is 19.3 Å². The predicted molar refractivity (Wildman–Crippen MR) is 120 cm³/mol. The summed E-state index contributed by atoms with van der Waals surface area (Å²) in [5.41, 5.74) is 4.54. The highest BCUT2D eigenvalue weighted by molar-refractivity contribution is 9.10. The van der Waals surface area contributed by atoms with Crippen LogP contribution in [0.5, 0.6) is 5.75 Å². The first-order chi connectivity index (χ1) is 13.9. The number of hydrogen-bond donors (Lipinski definition) is 1. The summed E-state index contributed by atoms with van der Waals surface area (Å²) < 4.78 is 26.2. The number of rotatable bonds is 4. The SMILES string of the molecule is CC1c2ccccc2-c2cc(Br)ccc2N1C=CCS(=O)(=O)c1ccc(O)cc1. The van der Waals surface area contributed by atoms with E-state index in [9.17, 15) is 13.5 Å². The van der Waals surface area contributed by atoms with Gasteiger partial charge in [0.05, 0.1) is 16.7 Å². The average molecular weight is 470 g/mol. The van der Waals surface area contributed by atoms with Crippen molar-refractivity contribution >= 4 is 31.5 Å². The summed E-state index contributed by atoms with van der Waals surface area (Å²) in [7, 11) is -3.47. The van der Waals surface area contributed by atoms with E-state index < -0.39 is 9.84 Å². The minimum absolute atomic E-state index is 0.0445. The van der Waals surface area contributed by atoms with Crippen molar-refractivity contribution in [2.75, 3.05) is 10.7 Å². The van der Waals surface area contributed by atoms with Crippen molar-refractivity contribution in [2.45, 2.75) is 17.9 Å². The minimum atomic E-state index is -3.47. The zero-order chi connectivity index (χ0) is 20.6. The first kappa shape index (κ1) is 19.7. The first-order valence-electron chi connectivity index (χ1n) is 9.22. The third-order valence-corrected chi connectivity index (χ3v) is 7.25. The molecule has 3 aromatic rings. The van der Waals surface area contributed by atoms with Crippen LogP contribution >= 0.6 is 15.9 Å². The van der Waals surface area contributed by atoms with Crippen molar-refractivity contribution in [1.29, 1.82) is 0 Å². The third kappa shape index (κ3) is 3.82. The zero-order valence-corrected chi connectivity index (χ0v) is 18.2. The van der Waals surface area contributed by atoms with Gasteiger partial charge >= 0.3 is 0 Å². The Bertz CT molecular complexity index is 1190. The maximum Gasteiger partial charge on any atom is 0.181 e. The fraction of sp³-hybridized carbons (Fsp3) is 0.130. The minimum Gasteiger partial charge on any atom is -0.508 e. The van der Waals surface area contributed by atoms with E-state index in [1.54, 1.807) is 6.08 Å². The van der Waals surface area contributed by atoms with Gasteiger partial charge in [0.1, 0.15) is 5.75 Å². The molecule has 1 unspecified atom stereocenters. The molecule has 1 N–H and O–H groups in total. The highest BCUT2D eigenvalue weighted by atomic mass is 79.9. The van der Waals surface area contributed by atoms with Crippen LogP contribution in [0.1, 0.15) is 18.5 Å². The Kier molecular flexibility index (Phi) is 5.23. The van der Waals surface area contributed by atoms with Crippen LogP contribution < -0.4 is 4.90 Å². The third-order valence-electron chi connectivity index (χ3n) is 5.13. The van der Waals surface area contributed by atoms with Gasteiger partial charge in [0, 0.05) is 21.9 Å². The molecule has 6 heteroatoms. The molecular weight excluding hydrogens is 450 g/mol. The molecule has 0 aromatic heterocycles. The van der Waals surface area contributed by atoms with Crippen molar-refractivity contribution in [1.82, 2.24) is 0 Å². The summed E-state index contributed by atoms with van der Waals surface area (Å²) in [5.74, 6) is -0.0721. The second-order valence-electron chi connectivity index (χ2n) is 6.99. The van der Waals surface area contributed by atoms with Gasteiger partial charge in [-0.15, -0.1) is 0 Å². The lowest BCUT2D eigenvalue weighted by Crippen LogP contribution is -2.25. The van der Waals surface area contributed by atoms with E-state index >= 15 is 0 Å². The molecule has 0 aliphatic carbocycles. The van der Waals surface area contributed by atoms with Crippen LogP contribution in [0.2, 0.25) is 0 Å². The molecule has 0 radical (unpaired) electrons. The van der Waals surface area contributed by atoms with Crippen molar-refractivity contribution in [3.8, 4) is 16.9 Å². The summed E-state index contributed by atoms with van der Waals surface area (Å²) in [4.78, 5) is 2.30. The lowest BCUT2D eigenvalue weighted by molar-refractivity contribution is 0.475. The Labute approximate surface area is 179 Å². The molecule has 148 valence electrons. The Balaban J connectivity index is 1.66. The molecule has 1 aliphatic rings. The molecule has 1 atom stereocenters. The lowest BCUT2D eigenvalue weighted by atomic mass is 9.89. The number of aromatic hydroxyl groups is 1. The number of benzene rings is 3. The number of phenols is 1. The monoisotopic (exact) mass is 469 g/mol. The van der Waals surface area contributed by atoms with Gasteiger partial charge in [-0.05, 0) is 60.5 Å². The maximum atomic E-state index is 12.6. The van der Waals surface area contributed by atoms with E-state index in [-0.39, 0.29) is 22.4 Å². The van der Waals surface area contributed by atoms with Gasteiger partial charge in [0.15, 0.2) is 9.84 Å².